The lowest BCUT2D eigenvalue weighted by Crippen LogP contribution is -2.28. The van der Waals surface area contributed by atoms with E-state index in [0.717, 1.165) is 15.3 Å². The number of fused-ring (bicyclic) bond motifs is 1. The van der Waals surface area contributed by atoms with Gasteiger partial charge in [-0.1, -0.05) is 29.3 Å². The Hall–Kier alpha value is -2.19. The van der Waals surface area contributed by atoms with Crippen LogP contribution in [0.3, 0.4) is 0 Å². The van der Waals surface area contributed by atoms with Gasteiger partial charge in [-0.25, -0.2) is 4.98 Å². The van der Waals surface area contributed by atoms with E-state index in [1.54, 1.807) is 29.5 Å². The van der Waals surface area contributed by atoms with Crippen LogP contribution in [0.25, 0.3) is 20.7 Å². The van der Waals surface area contributed by atoms with Crippen molar-refractivity contribution < 1.29 is 4.79 Å². The number of anilines is 1. The van der Waals surface area contributed by atoms with Crippen LogP contribution in [0, 0.1) is 6.92 Å². The number of nitrogens with zero attached hydrogens (tertiary/aromatic N) is 2. The summed E-state index contributed by atoms with van der Waals surface area (Å²) >= 11 is 15.2. The van der Waals surface area contributed by atoms with Gasteiger partial charge in [0.2, 0.25) is 5.91 Å². The first kappa shape index (κ1) is 19.1. The first-order chi connectivity index (χ1) is 13.4. The topological polar surface area (TPSA) is 64.0 Å². The number of rotatable bonds is 4. The summed E-state index contributed by atoms with van der Waals surface area (Å²) in [5.41, 5.74) is 0.912. The Balaban J connectivity index is 1.67. The van der Waals surface area contributed by atoms with Crippen LogP contribution >= 0.6 is 45.9 Å². The Labute approximate surface area is 178 Å². The van der Waals surface area contributed by atoms with Crippen molar-refractivity contribution in [1.82, 2.24) is 9.55 Å². The maximum Gasteiger partial charge on any atom is 0.263 e. The van der Waals surface area contributed by atoms with Gasteiger partial charge in [0.05, 0.1) is 27.4 Å². The molecule has 4 rings (SSSR count). The summed E-state index contributed by atoms with van der Waals surface area (Å²) in [7, 11) is 0. The van der Waals surface area contributed by atoms with Crippen molar-refractivity contribution >= 4 is 67.7 Å². The molecule has 9 heteroatoms. The van der Waals surface area contributed by atoms with Gasteiger partial charge in [0.25, 0.3) is 5.56 Å². The predicted octanol–water partition coefficient (Wildman–Crippen LogP) is 5.44. The summed E-state index contributed by atoms with van der Waals surface area (Å²) in [6, 6.07) is 8.95. The van der Waals surface area contributed by atoms with Gasteiger partial charge in [0, 0.05) is 20.7 Å². The molecule has 5 nitrogen and oxygen atoms in total. The smallest absolute Gasteiger partial charge is 0.263 e. The SMILES string of the molecule is Cc1ccc(-c2csc3ncn(CC(=O)Nc4c(Cl)cccc4Cl)c(=O)c23)s1. The van der Waals surface area contributed by atoms with Crippen molar-refractivity contribution in [2.24, 2.45) is 0 Å². The summed E-state index contributed by atoms with van der Waals surface area (Å²) in [4.78, 5) is 32.6. The van der Waals surface area contributed by atoms with Crippen molar-refractivity contribution in [2.75, 3.05) is 5.32 Å². The highest BCUT2D eigenvalue weighted by atomic mass is 35.5. The molecule has 0 aliphatic carbocycles. The number of carbonyl (C=O) groups excluding carboxylic acids is 1. The maximum absolute atomic E-state index is 13.0. The molecule has 0 aliphatic heterocycles. The number of nitrogens with one attached hydrogen (secondary N) is 1. The number of thiophene rings is 2. The number of aryl methyl sites for hydroxylation is 1. The zero-order valence-electron chi connectivity index (χ0n) is 14.5. The molecule has 0 unspecified atom stereocenters. The van der Waals surface area contributed by atoms with Crippen LogP contribution in [0.5, 0.6) is 0 Å². The summed E-state index contributed by atoms with van der Waals surface area (Å²) in [5.74, 6) is -0.415. The number of para-hydroxylation sites is 1. The van der Waals surface area contributed by atoms with Gasteiger partial charge in [-0.3, -0.25) is 14.2 Å². The van der Waals surface area contributed by atoms with Crippen molar-refractivity contribution in [1.29, 1.82) is 0 Å². The zero-order valence-corrected chi connectivity index (χ0v) is 17.7. The van der Waals surface area contributed by atoms with E-state index < -0.39 is 5.91 Å². The quantitative estimate of drug-likeness (QED) is 0.450. The summed E-state index contributed by atoms with van der Waals surface area (Å²) in [6.45, 7) is 1.82. The third-order valence-corrected chi connectivity index (χ3v) is 6.66. The number of halogens is 2. The molecule has 0 fully saturated rings. The number of aromatic nitrogens is 2. The highest BCUT2D eigenvalue weighted by molar-refractivity contribution is 7.19. The van der Waals surface area contributed by atoms with E-state index in [9.17, 15) is 9.59 Å². The second-order valence-corrected chi connectivity index (χ2v) is 9.02. The van der Waals surface area contributed by atoms with Crippen LogP contribution in [0.2, 0.25) is 10.0 Å². The molecule has 3 aromatic heterocycles. The molecule has 0 bridgehead atoms. The normalized spacial score (nSPS) is 11.1. The molecule has 0 saturated heterocycles. The number of hydrogen-bond donors (Lipinski definition) is 1. The van der Waals surface area contributed by atoms with Gasteiger partial charge >= 0.3 is 0 Å². The maximum atomic E-state index is 13.0. The monoisotopic (exact) mass is 449 g/mol. The van der Waals surface area contributed by atoms with Crippen molar-refractivity contribution in [3.63, 3.8) is 0 Å². The molecule has 3 heterocycles. The van der Waals surface area contributed by atoms with Gasteiger partial charge in [0.15, 0.2) is 0 Å². The highest BCUT2D eigenvalue weighted by Gasteiger charge is 2.16. The van der Waals surface area contributed by atoms with Crippen molar-refractivity contribution in [3.8, 4) is 10.4 Å². The Kier molecular flexibility index (Phi) is 5.25. The lowest BCUT2D eigenvalue weighted by molar-refractivity contribution is -0.116. The number of carbonyl (C=O) groups is 1. The minimum Gasteiger partial charge on any atom is -0.322 e. The zero-order chi connectivity index (χ0) is 19.8. The van der Waals surface area contributed by atoms with Crippen LogP contribution in [-0.4, -0.2) is 15.5 Å². The molecule has 1 N–H and O–H groups in total. The minimum atomic E-state index is -0.415. The first-order valence-electron chi connectivity index (χ1n) is 8.21. The van der Waals surface area contributed by atoms with E-state index in [2.05, 4.69) is 10.3 Å². The van der Waals surface area contributed by atoms with E-state index in [1.807, 2.05) is 24.4 Å². The lowest BCUT2D eigenvalue weighted by atomic mass is 10.2. The molecular formula is C19H13Cl2N3O2S2. The van der Waals surface area contributed by atoms with Gasteiger partial charge in [-0.15, -0.1) is 22.7 Å². The molecule has 4 aromatic rings. The first-order valence-corrected chi connectivity index (χ1v) is 10.7. The summed E-state index contributed by atoms with van der Waals surface area (Å²) in [6.07, 6.45) is 1.39. The van der Waals surface area contributed by atoms with E-state index >= 15 is 0 Å². The van der Waals surface area contributed by atoms with Gasteiger partial charge < -0.3 is 5.32 Å². The van der Waals surface area contributed by atoms with Crippen LogP contribution < -0.4 is 10.9 Å². The second-order valence-electron chi connectivity index (χ2n) is 6.06. The second kappa shape index (κ2) is 7.67. The number of benzene rings is 1. The van der Waals surface area contributed by atoms with E-state index in [-0.39, 0.29) is 12.1 Å². The average Bonchev–Trinajstić information content (AvgIpc) is 3.27. The van der Waals surface area contributed by atoms with E-state index in [4.69, 9.17) is 23.2 Å². The Bertz CT molecular complexity index is 1240. The molecule has 1 amide bonds. The van der Waals surface area contributed by atoms with Gasteiger partial charge in [-0.05, 0) is 31.2 Å². The standard InChI is InChI=1S/C19H13Cl2N3O2S2/c1-10-5-6-14(28-10)11-8-27-18-16(11)19(26)24(9-22-18)7-15(25)23-17-12(20)3-2-4-13(17)21/h2-6,8-9H,7H2,1H3,(H,23,25). The Morgan fingerprint density at radius 2 is 1.96 bits per heavy atom. The van der Waals surface area contributed by atoms with E-state index in [1.165, 1.54) is 22.2 Å². The Morgan fingerprint density at radius 3 is 2.64 bits per heavy atom. The summed E-state index contributed by atoms with van der Waals surface area (Å²) < 4.78 is 1.29. The predicted molar refractivity (Wildman–Crippen MR) is 117 cm³/mol. The number of amides is 1. The average molecular weight is 450 g/mol. The highest BCUT2D eigenvalue weighted by Crippen LogP contribution is 2.35. The van der Waals surface area contributed by atoms with Crippen molar-refractivity contribution in [3.05, 3.63) is 67.3 Å². The fraction of sp³-hybridized carbons (Fsp3) is 0.105. The molecule has 142 valence electrons. The molecule has 0 aliphatic rings. The largest absolute Gasteiger partial charge is 0.322 e. The molecule has 0 atom stereocenters. The molecule has 1 aromatic carbocycles. The molecule has 0 radical (unpaired) electrons. The fourth-order valence-electron chi connectivity index (χ4n) is 2.79. The van der Waals surface area contributed by atoms with Crippen LogP contribution in [0.15, 0.2) is 46.8 Å². The van der Waals surface area contributed by atoms with Crippen LogP contribution in [-0.2, 0) is 11.3 Å². The van der Waals surface area contributed by atoms with Gasteiger partial charge in [0.1, 0.15) is 11.4 Å². The fourth-order valence-corrected chi connectivity index (χ4v) is 5.15. The minimum absolute atomic E-state index is 0.192. The molecule has 0 saturated carbocycles. The number of hydrogen-bond acceptors (Lipinski definition) is 5. The molecule has 0 spiro atoms. The van der Waals surface area contributed by atoms with E-state index in [0.29, 0.717) is 25.9 Å². The van der Waals surface area contributed by atoms with Crippen LogP contribution in [0.1, 0.15) is 4.88 Å². The van der Waals surface area contributed by atoms with Gasteiger partial charge in [-0.2, -0.15) is 0 Å². The Morgan fingerprint density at radius 1 is 1.21 bits per heavy atom. The lowest BCUT2D eigenvalue weighted by Gasteiger charge is -2.10. The van der Waals surface area contributed by atoms with Crippen LogP contribution in [0.4, 0.5) is 5.69 Å². The molecular weight excluding hydrogens is 437 g/mol. The van der Waals surface area contributed by atoms with Crippen molar-refractivity contribution in [2.45, 2.75) is 13.5 Å². The molecule has 28 heavy (non-hydrogen) atoms. The third kappa shape index (κ3) is 3.58. The third-order valence-electron chi connectivity index (χ3n) is 4.11. The summed E-state index contributed by atoms with van der Waals surface area (Å²) in [5, 5.41) is 5.77.